The van der Waals surface area contributed by atoms with Gasteiger partial charge in [-0.3, -0.25) is 0 Å². The van der Waals surface area contributed by atoms with Crippen molar-refractivity contribution in [2.24, 2.45) is 23.7 Å². The van der Waals surface area contributed by atoms with E-state index in [-0.39, 0.29) is 0 Å². The predicted molar refractivity (Wildman–Crippen MR) is 87.4 cm³/mol. The van der Waals surface area contributed by atoms with Gasteiger partial charge in [-0.05, 0) is 30.1 Å². The zero-order valence-electron chi connectivity index (χ0n) is 14.1. The van der Waals surface area contributed by atoms with E-state index < -0.39 is 0 Å². The molecule has 0 aromatic carbocycles. The van der Waals surface area contributed by atoms with Gasteiger partial charge in [0, 0.05) is 0 Å². The number of rotatable bonds is 3. The Kier molecular flexibility index (Phi) is 8.83. The fourth-order valence-electron chi connectivity index (χ4n) is 3.89. The highest BCUT2D eigenvalue weighted by atomic mass is 14.2. The fraction of sp³-hybridized carbons (Fsp3) is 1.00. The largest absolute Gasteiger partial charge is 0.0628 e. The van der Waals surface area contributed by atoms with Crippen LogP contribution < -0.4 is 0 Å². The third-order valence-electron chi connectivity index (χ3n) is 5.12. The molecule has 2 rings (SSSR count). The Hall–Kier alpha value is 0. The lowest BCUT2D eigenvalue weighted by Crippen LogP contribution is -2.12. The van der Waals surface area contributed by atoms with E-state index in [9.17, 15) is 0 Å². The molecule has 0 nitrogen and oxygen atoms in total. The van der Waals surface area contributed by atoms with Crippen molar-refractivity contribution in [3.63, 3.8) is 0 Å². The molecule has 0 aromatic rings. The first-order chi connectivity index (χ1) is 9.09. The van der Waals surface area contributed by atoms with E-state index in [0.29, 0.717) is 0 Å². The van der Waals surface area contributed by atoms with Crippen molar-refractivity contribution in [3.05, 3.63) is 0 Å². The van der Waals surface area contributed by atoms with Crippen LogP contribution in [0.4, 0.5) is 0 Å². The Balaban J connectivity index is 0.000000191. The summed E-state index contributed by atoms with van der Waals surface area (Å²) in [5.41, 5.74) is 0. The monoisotopic (exact) mass is 266 g/mol. The minimum atomic E-state index is 0.920. The topological polar surface area (TPSA) is 0 Å². The van der Waals surface area contributed by atoms with Gasteiger partial charge >= 0.3 is 0 Å². The molecule has 2 saturated carbocycles. The predicted octanol–water partition coefficient (Wildman–Crippen LogP) is 6.84. The Morgan fingerprint density at radius 3 is 1.53 bits per heavy atom. The molecule has 0 spiro atoms. The summed E-state index contributed by atoms with van der Waals surface area (Å²) in [6.45, 7) is 9.40. The van der Waals surface area contributed by atoms with Crippen molar-refractivity contribution in [1.82, 2.24) is 0 Å². The molecule has 0 amide bonds. The normalized spacial score (nSPS) is 22.4. The van der Waals surface area contributed by atoms with Crippen molar-refractivity contribution in [2.75, 3.05) is 0 Å². The summed E-state index contributed by atoms with van der Waals surface area (Å²) in [6, 6.07) is 0. The van der Waals surface area contributed by atoms with Crippen LogP contribution in [0, 0.1) is 23.7 Å². The molecule has 2 aliphatic rings. The Morgan fingerprint density at radius 2 is 1.16 bits per heavy atom. The van der Waals surface area contributed by atoms with E-state index in [1.54, 1.807) is 0 Å². The van der Waals surface area contributed by atoms with E-state index in [4.69, 9.17) is 0 Å². The molecule has 19 heavy (non-hydrogen) atoms. The van der Waals surface area contributed by atoms with Crippen LogP contribution in [0.2, 0.25) is 0 Å². The Bertz CT molecular complexity index is 192. The maximum absolute atomic E-state index is 2.36. The molecule has 2 fully saturated rings. The van der Waals surface area contributed by atoms with Crippen LogP contribution in [0.25, 0.3) is 0 Å². The van der Waals surface area contributed by atoms with Crippen molar-refractivity contribution in [2.45, 2.75) is 98.3 Å². The minimum Gasteiger partial charge on any atom is -0.0628 e. The summed E-state index contributed by atoms with van der Waals surface area (Å²) < 4.78 is 0. The molecule has 0 saturated heterocycles. The van der Waals surface area contributed by atoms with E-state index in [0.717, 1.165) is 23.7 Å². The molecule has 0 heteroatoms. The van der Waals surface area contributed by atoms with Gasteiger partial charge < -0.3 is 0 Å². The molecule has 0 heterocycles. The van der Waals surface area contributed by atoms with Gasteiger partial charge in [0.2, 0.25) is 0 Å². The maximum Gasteiger partial charge on any atom is -0.0391 e. The zero-order chi connectivity index (χ0) is 14.1. The number of hydrogen-bond donors (Lipinski definition) is 0. The first-order valence-corrected chi connectivity index (χ1v) is 9.09. The second-order valence-electron chi connectivity index (χ2n) is 7.78. The Labute approximate surface area is 122 Å². The first kappa shape index (κ1) is 17.1. The molecular formula is C19H38. The van der Waals surface area contributed by atoms with Crippen LogP contribution in [0.5, 0.6) is 0 Å². The molecule has 0 bridgehead atoms. The van der Waals surface area contributed by atoms with Gasteiger partial charge in [-0.2, -0.15) is 0 Å². The lowest BCUT2D eigenvalue weighted by atomic mass is 9.82. The van der Waals surface area contributed by atoms with Crippen LogP contribution >= 0.6 is 0 Å². The molecule has 0 N–H and O–H groups in total. The molecule has 0 atom stereocenters. The third kappa shape index (κ3) is 8.00. The summed E-state index contributed by atoms with van der Waals surface area (Å²) in [6.07, 6.45) is 16.4. The van der Waals surface area contributed by atoms with E-state index >= 15 is 0 Å². The average Bonchev–Trinajstić information content (AvgIpc) is 2.41. The zero-order valence-corrected chi connectivity index (χ0v) is 14.1. The van der Waals surface area contributed by atoms with Crippen molar-refractivity contribution >= 4 is 0 Å². The Morgan fingerprint density at radius 1 is 0.684 bits per heavy atom. The van der Waals surface area contributed by atoms with Gasteiger partial charge in [0.05, 0.1) is 0 Å². The summed E-state index contributed by atoms with van der Waals surface area (Å²) >= 11 is 0. The standard InChI is InChI=1S/C10H20.C9H18/c1-9(2)8-10-6-4-3-5-7-10;1-8(2)9-6-4-3-5-7-9/h9-10H,3-8H2,1-2H3;8-9H,3-7H2,1-2H3. The van der Waals surface area contributed by atoms with Crippen LogP contribution in [-0.4, -0.2) is 0 Å². The number of hydrogen-bond acceptors (Lipinski definition) is 0. The van der Waals surface area contributed by atoms with Gasteiger partial charge in [-0.25, -0.2) is 0 Å². The fourth-order valence-corrected chi connectivity index (χ4v) is 3.89. The van der Waals surface area contributed by atoms with Gasteiger partial charge in [0.25, 0.3) is 0 Å². The van der Waals surface area contributed by atoms with Gasteiger partial charge in [0.15, 0.2) is 0 Å². The molecule has 0 aliphatic heterocycles. The summed E-state index contributed by atoms with van der Waals surface area (Å²) in [7, 11) is 0. The minimum absolute atomic E-state index is 0.920. The lowest BCUT2D eigenvalue weighted by Gasteiger charge is -2.24. The van der Waals surface area contributed by atoms with Crippen molar-refractivity contribution in [3.8, 4) is 0 Å². The van der Waals surface area contributed by atoms with Crippen LogP contribution in [0.1, 0.15) is 98.3 Å². The lowest BCUT2D eigenvalue weighted by molar-refractivity contribution is 0.279. The van der Waals surface area contributed by atoms with Crippen molar-refractivity contribution < 1.29 is 0 Å². The van der Waals surface area contributed by atoms with E-state index in [1.165, 1.54) is 70.6 Å². The molecule has 114 valence electrons. The highest BCUT2D eigenvalue weighted by Crippen LogP contribution is 2.29. The van der Waals surface area contributed by atoms with Gasteiger partial charge in [0.1, 0.15) is 0 Å². The summed E-state index contributed by atoms with van der Waals surface area (Å²) in [5.74, 6) is 3.99. The highest BCUT2D eigenvalue weighted by Gasteiger charge is 2.15. The van der Waals surface area contributed by atoms with E-state index in [2.05, 4.69) is 27.7 Å². The first-order valence-electron chi connectivity index (χ1n) is 9.09. The quantitative estimate of drug-likeness (QED) is 0.525. The smallest absolute Gasteiger partial charge is 0.0391 e. The second-order valence-corrected chi connectivity index (χ2v) is 7.78. The van der Waals surface area contributed by atoms with Crippen LogP contribution in [0.3, 0.4) is 0 Å². The van der Waals surface area contributed by atoms with Gasteiger partial charge in [-0.1, -0.05) is 91.9 Å². The average molecular weight is 267 g/mol. The summed E-state index contributed by atoms with van der Waals surface area (Å²) in [4.78, 5) is 0. The SMILES string of the molecule is CC(C)C1CCCCC1.CC(C)CC1CCCCC1. The highest BCUT2D eigenvalue weighted by molar-refractivity contribution is 4.68. The third-order valence-corrected chi connectivity index (χ3v) is 5.12. The van der Waals surface area contributed by atoms with Crippen LogP contribution in [0.15, 0.2) is 0 Å². The maximum atomic E-state index is 2.36. The van der Waals surface area contributed by atoms with Crippen LogP contribution in [-0.2, 0) is 0 Å². The molecule has 0 unspecified atom stereocenters. The second kappa shape index (κ2) is 9.83. The van der Waals surface area contributed by atoms with E-state index in [1.807, 2.05) is 0 Å². The molecule has 0 radical (unpaired) electrons. The molecule has 2 aliphatic carbocycles. The van der Waals surface area contributed by atoms with Gasteiger partial charge in [-0.15, -0.1) is 0 Å². The summed E-state index contributed by atoms with van der Waals surface area (Å²) in [5, 5.41) is 0. The molecular weight excluding hydrogens is 228 g/mol. The van der Waals surface area contributed by atoms with Crippen molar-refractivity contribution in [1.29, 1.82) is 0 Å². The molecule has 0 aromatic heterocycles.